The fourth-order valence-electron chi connectivity index (χ4n) is 1.65. The van der Waals surface area contributed by atoms with Crippen molar-refractivity contribution in [1.82, 2.24) is 0 Å². The predicted molar refractivity (Wildman–Crippen MR) is 91.6 cm³/mol. The second-order valence-electron chi connectivity index (χ2n) is 4.81. The van der Waals surface area contributed by atoms with Crippen molar-refractivity contribution in [2.24, 2.45) is 0 Å². The molecule has 110 valence electrons. The Kier molecular flexibility index (Phi) is 7.84. The van der Waals surface area contributed by atoms with Crippen LogP contribution in [0.15, 0.2) is 48.5 Å². The van der Waals surface area contributed by atoms with Crippen LogP contribution in [0.1, 0.15) is 25.0 Å². The van der Waals surface area contributed by atoms with Crippen LogP contribution in [0.4, 0.5) is 0 Å². The van der Waals surface area contributed by atoms with E-state index < -0.39 is 0 Å². The van der Waals surface area contributed by atoms with Crippen LogP contribution in [0.2, 0.25) is 0 Å². The molecule has 2 rings (SSSR count). The molecule has 0 spiro atoms. The van der Waals surface area contributed by atoms with Gasteiger partial charge in [-0.1, -0.05) is 0 Å². The molecular weight excluding hydrogens is 321 g/mol. The maximum absolute atomic E-state index is 8.25. The Bertz CT molecular complexity index is 501. The molecule has 0 unspecified atom stereocenters. The van der Waals surface area contributed by atoms with E-state index in [1.165, 1.54) is 26.8 Å². The quantitative estimate of drug-likeness (QED) is 0.478. The number of carbonyl (C=O) groups excluding carboxylic acids is 1. The van der Waals surface area contributed by atoms with Gasteiger partial charge in [0.15, 0.2) is 6.61 Å². The summed E-state index contributed by atoms with van der Waals surface area (Å²) in [6, 6.07) is 17.8. The second kappa shape index (κ2) is 9.40. The molecule has 2 nitrogen and oxygen atoms in total. The first-order valence-electron chi connectivity index (χ1n) is 7.07. The van der Waals surface area contributed by atoms with Gasteiger partial charge >= 0.3 is 104 Å². The first kappa shape index (κ1) is 17.5. The van der Waals surface area contributed by atoms with E-state index in [0.717, 1.165) is 0 Å². The zero-order valence-corrected chi connectivity index (χ0v) is 15.3. The van der Waals surface area contributed by atoms with Gasteiger partial charge in [0.25, 0.3) is 0 Å². The van der Waals surface area contributed by atoms with Crippen LogP contribution in [0.5, 0.6) is 0 Å². The summed E-state index contributed by atoms with van der Waals surface area (Å²) in [6.45, 7) is 8.14. The van der Waals surface area contributed by atoms with Gasteiger partial charge in [-0.15, -0.1) is 0 Å². The fraction of sp³-hybridized carbons (Fsp3) is 0.278. The van der Waals surface area contributed by atoms with Crippen molar-refractivity contribution in [2.45, 2.75) is 27.7 Å². The molecule has 1 N–H and O–H groups in total. The van der Waals surface area contributed by atoms with Crippen LogP contribution in [-0.2, 0) is 4.74 Å². The Hall–Kier alpha value is -1.55. The molecule has 0 aliphatic rings. The molecule has 0 aromatic heterocycles. The molecule has 0 atom stereocenters. The van der Waals surface area contributed by atoms with Crippen molar-refractivity contribution in [3.05, 3.63) is 59.7 Å². The zero-order chi connectivity index (χ0) is 15.7. The molecular formula is C18H23GeO2+. The summed E-state index contributed by atoms with van der Waals surface area (Å²) in [4.78, 5) is 8.25. The van der Waals surface area contributed by atoms with Gasteiger partial charge in [0.2, 0.25) is 0 Å². The van der Waals surface area contributed by atoms with Gasteiger partial charge in [0, 0.05) is 0 Å². The number of benzene rings is 2. The van der Waals surface area contributed by atoms with Crippen molar-refractivity contribution in [3.63, 3.8) is 0 Å². The van der Waals surface area contributed by atoms with E-state index in [9.17, 15) is 0 Å². The summed E-state index contributed by atoms with van der Waals surface area (Å²) in [6.07, 6.45) is 0. The van der Waals surface area contributed by atoms with E-state index in [-0.39, 0.29) is 21.4 Å². The van der Waals surface area contributed by atoms with E-state index >= 15 is 0 Å². The Morgan fingerprint density at radius 3 is 1.52 bits per heavy atom. The van der Waals surface area contributed by atoms with Gasteiger partial charge < -0.3 is 9.53 Å². The molecule has 0 saturated carbocycles. The van der Waals surface area contributed by atoms with Gasteiger partial charge in [0.1, 0.15) is 0 Å². The van der Waals surface area contributed by atoms with Crippen molar-refractivity contribution in [1.29, 1.82) is 0 Å². The Morgan fingerprint density at radius 1 is 0.905 bits per heavy atom. The van der Waals surface area contributed by atoms with Gasteiger partial charge in [-0.2, -0.15) is 0 Å². The van der Waals surface area contributed by atoms with E-state index in [2.05, 4.69) is 67.1 Å². The van der Waals surface area contributed by atoms with Gasteiger partial charge in [0.05, 0.1) is 6.92 Å². The third-order valence-electron chi connectivity index (χ3n) is 2.75. The Morgan fingerprint density at radius 2 is 1.29 bits per heavy atom. The Labute approximate surface area is 134 Å². The minimum atomic E-state index is -0.137. The molecule has 0 aliphatic heterocycles. The molecule has 21 heavy (non-hydrogen) atoms. The molecule has 3 heteroatoms. The SMILES string of the molecule is CCOC(C)=[OH+].Cc1cc[c]([Ge][c]2ccc(C)cc2)cc1. The summed E-state index contributed by atoms with van der Waals surface area (Å²) in [7, 11) is 0. The molecule has 0 heterocycles. The number of hydrogen-bond donors (Lipinski definition) is 0. The number of ether oxygens (including phenoxy) is 1. The average Bonchev–Trinajstić information content (AvgIpc) is 2.44. The fourth-order valence-corrected chi connectivity index (χ4v) is 3.75. The number of hydrogen-bond acceptors (Lipinski definition) is 1. The number of aryl methyl sites for hydroxylation is 2. The summed E-state index contributed by atoms with van der Waals surface area (Å²) >= 11 is -0.137. The Balaban J connectivity index is 0.000000315. The summed E-state index contributed by atoms with van der Waals surface area (Å²) in [5.41, 5.74) is 2.68. The molecule has 0 bridgehead atoms. The van der Waals surface area contributed by atoms with Crippen LogP contribution in [-0.4, -0.2) is 32.8 Å². The van der Waals surface area contributed by atoms with Crippen LogP contribution in [0, 0.1) is 13.8 Å². The molecule has 2 aromatic rings. The maximum atomic E-state index is 8.25. The number of esters is 1. The minimum absolute atomic E-state index is 0.0394. The predicted octanol–water partition coefficient (Wildman–Crippen LogP) is 2.50. The molecule has 0 fully saturated rings. The molecule has 2 radical (unpaired) electrons. The van der Waals surface area contributed by atoms with Crippen LogP contribution in [0.25, 0.3) is 0 Å². The topological polar surface area (TPSA) is 30.6 Å². The first-order valence-corrected chi connectivity index (χ1v) is 9.16. The van der Waals surface area contributed by atoms with Gasteiger partial charge in [-0.05, 0) is 6.92 Å². The normalized spacial score (nSPS) is 9.52. The van der Waals surface area contributed by atoms with E-state index in [1.807, 2.05) is 6.92 Å². The average molecular weight is 344 g/mol. The van der Waals surface area contributed by atoms with Crippen LogP contribution < -0.4 is 8.79 Å². The van der Waals surface area contributed by atoms with Gasteiger partial charge in [-0.3, -0.25) is 0 Å². The van der Waals surface area contributed by atoms with Crippen LogP contribution >= 0.6 is 0 Å². The van der Waals surface area contributed by atoms with E-state index in [1.54, 1.807) is 0 Å². The summed E-state index contributed by atoms with van der Waals surface area (Å²) < 4.78 is 7.52. The van der Waals surface area contributed by atoms with Crippen molar-refractivity contribution >= 4 is 30.2 Å². The zero-order valence-electron chi connectivity index (χ0n) is 13.2. The molecule has 0 saturated heterocycles. The standard InChI is InChI=1S/C14H14Ge.C4H8O2/c1-11-3-7-13(8-4-11)15-14-9-5-12(2)6-10-14;1-3-6-4(2)5/h3-10H,1-2H3;3H2,1-2H3/p+1. The van der Waals surface area contributed by atoms with E-state index in [0.29, 0.717) is 6.61 Å². The first-order chi connectivity index (χ1) is 10.0. The monoisotopic (exact) mass is 345 g/mol. The molecule has 0 aliphatic carbocycles. The van der Waals surface area contributed by atoms with E-state index in [4.69, 9.17) is 4.79 Å². The van der Waals surface area contributed by atoms with Gasteiger partial charge in [-0.25, -0.2) is 0 Å². The second-order valence-corrected chi connectivity index (χ2v) is 7.76. The van der Waals surface area contributed by atoms with Crippen molar-refractivity contribution in [2.75, 3.05) is 6.61 Å². The van der Waals surface area contributed by atoms with Crippen molar-refractivity contribution < 1.29 is 9.53 Å². The summed E-state index contributed by atoms with van der Waals surface area (Å²) in [5.74, 6) is 0.0394. The van der Waals surface area contributed by atoms with Crippen LogP contribution in [0.3, 0.4) is 0 Å². The third-order valence-corrected chi connectivity index (χ3v) is 5.36. The number of rotatable bonds is 3. The third kappa shape index (κ3) is 7.71. The molecule has 0 amide bonds. The molecule has 2 aromatic carbocycles. The van der Waals surface area contributed by atoms with Crippen molar-refractivity contribution in [3.8, 4) is 0 Å². The summed E-state index contributed by atoms with van der Waals surface area (Å²) in [5, 5.41) is 0.